The number of amides is 2. The lowest BCUT2D eigenvalue weighted by Gasteiger charge is -2.27. The van der Waals surface area contributed by atoms with Gasteiger partial charge in [0.05, 0.1) is 5.70 Å². The monoisotopic (exact) mass is 452 g/mol. The Labute approximate surface area is 197 Å². The van der Waals surface area contributed by atoms with Gasteiger partial charge in [-0.2, -0.15) is 0 Å². The number of fused-ring (bicyclic) bond motifs is 1. The van der Waals surface area contributed by atoms with Gasteiger partial charge in [-0.05, 0) is 30.4 Å². The molecular weight excluding hydrogens is 428 g/mol. The third kappa shape index (κ3) is 3.81. The van der Waals surface area contributed by atoms with E-state index < -0.39 is 0 Å². The van der Waals surface area contributed by atoms with E-state index in [1.807, 2.05) is 24.3 Å². The number of allylic oxidation sites excluding steroid dienone is 2. The number of rotatable bonds is 8. The van der Waals surface area contributed by atoms with Gasteiger partial charge in [0, 0.05) is 46.8 Å². The van der Waals surface area contributed by atoms with Crippen LogP contribution in [-0.4, -0.2) is 41.4 Å². The highest BCUT2D eigenvalue weighted by Gasteiger charge is 2.32. The standard InChI is InChI=1S/C28H24N2O4/c31-24-17-23(26(32)20-12-4-3-11-19(20)24)29-15-5-1-2-6-16-30-27(33)21-13-7-9-18-10-8-14-22(25(18)21)28(30)34/h3-4,7-14,17,29H,1-2,5-6,15-16H2. The van der Waals surface area contributed by atoms with Crippen LogP contribution >= 0.6 is 0 Å². The smallest absolute Gasteiger partial charge is 0.261 e. The molecule has 0 saturated carbocycles. The molecule has 1 N–H and O–H groups in total. The van der Waals surface area contributed by atoms with E-state index in [1.165, 1.54) is 11.0 Å². The first-order chi connectivity index (χ1) is 16.6. The number of nitrogens with zero attached hydrogens (tertiary/aromatic N) is 1. The average Bonchev–Trinajstić information content (AvgIpc) is 2.86. The van der Waals surface area contributed by atoms with Gasteiger partial charge >= 0.3 is 0 Å². The lowest BCUT2D eigenvalue weighted by Crippen LogP contribution is -2.40. The molecule has 0 fully saturated rings. The zero-order chi connectivity index (χ0) is 23.7. The molecule has 0 spiro atoms. The molecule has 5 rings (SSSR count). The molecule has 0 unspecified atom stereocenters. The second-order valence-corrected chi connectivity index (χ2v) is 8.61. The van der Waals surface area contributed by atoms with Crippen molar-refractivity contribution in [3.63, 3.8) is 0 Å². The van der Waals surface area contributed by atoms with E-state index in [4.69, 9.17) is 0 Å². The van der Waals surface area contributed by atoms with Gasteiger partial charge in [0.2, 0.25) is 5.78 Å². The van der Waals surface area contributed by atoms with Crippen LogP contribution in [0.5, 0.6) is 0 Å². The Morgan fingerprint density at radius 3 is 1.97 bits per heavy atom. The molecule has 0 atom stereocenters. The molecular formula is C28H24N2O4. The highest BCUT2D eigenvalue weighted by atomic mass is 16.2. The topological polar surface area (TPSA) is 83.6 Å². The molecule has 3 aromatic rings. The summed E-state index contributed by atoms with van der Waals surface area (Å²) in [5.41, 5.74) is 2.38. The van der Waals surface area contributed by atoms with Crippen molar-refractivity contribution in [1.82, 2.24) is 10.2 Å². The van der Waals surface area contributed by atoms with Crippen molar-refractivity contribution in [3.8, 4) is 0 Å². The van der Waals surface area contributed by atoms with Crippen LogP contribution in [0.15, 0.2) is 72.4 Å². The van der Waals surface area contributed by atoms with E-state index in [1.54, 1.807) is 36.4 Å². The predicted octanol–water partition coefficient (Wildman–Crippen LogP) is 4.55. The molecule has 0 bridgehead atoms. The fraction of sp³-hybridized carbons (Fsp3) is 0.214. The lowest BCUT2D eigenvalue weighted by atomic mass is 9.93. The van der Waals surface area contributed by atoms with E-state index in [-0.39, 0.29) is 23.4 Å². The van der Waals surface area contributed by atoms with Gasteiger partial charge in [0.15, 0.2) is 5.78 Å². The van der Waals surface area contributed by atoms with E-state index >= 15 is 0 Å². The number of carbonyl (C=O) groups is 4. The average molecular weight is 453 g/mol. The second kappa shape index (κ2) is 9.06. The van der Waals surface area contributed by atoms with Crippen molar-refractivity contribution in [2.24, 2.45) is 0 Å². The number of Topliss-reactive ketones (excluding diaryl/α,β-unsaturated/α-hetero) is 1. The largest absolute Gasteiger partial charge is 0.382 e. The Bertz CT molecular complexity index is 1320. The molecule has 3 aromatic carbocycles. The van der Waals surface area contributed by atoms with Crippen LogP contribution in [0, 0.1) is 0 Å². The fourth-order valence-corrected chi connectivity index (χ4v) is 4.70. The summed E-state index contributed by atoms with van der Waals surface area (Å²) in [6.45, 7) is 0.953. The molecule has 6 heteroatoms. The van der Waals surface area contributed by atoms with Crippen molar-refractivity contribution in [2.75, 3.05) is 13.1 Å². The highest BCUT2D eigenvalue weighted by molar-refractivity contribution is 6.25. The zero-order valence-electron chi connectivity index (χ0n) is 18.7. The van der Waals surface area contributed by atoms with E-state index in [9.17, 15) is 19.2 Å². The molecule has 170 valence electrons. The Balaban J connectivity index is 1.10. The van der Waals surface area contributed by atoms with Crippen molar-refractivity contribution in [2.45, 2.75) is 25.7 Å². The van der Waals surface area contributed by atoms with Gasteiger partial charge in [-0.1, -0.05) is 61.4 Å². The van der Waals surface area contributed by atoms with Gasteiger partial charge in [-0.15, -0.1) is 0 Å². The maximum Gasteiger partial charge on any atom is 0.261 e. The SMILES string of the molecule is O=C1C=C(NCCCCCCN2C(=O)c3cccc4cccc(c34)C2=O)C(=O)c2ccccc21. The van der Waals surface area contributed by atoms with Crippen LogP contribution in [-0.2, 0) is 0 Å². The number of imide groups is 1. The van der Waals surface area contributed by atoms with Crippen LogP contribution in [0.1, 0.15) is 67.1 Å². The van der Waals surface area contributed by atoms with E-state index in [0.717, 1.165) is 30.0 Å². The van der Waals surface area contributed by atoms with Crippen LogP contribution in [0.3, 0.4) is 0 Å². The number of carbonyl (C=O) groups excluding carboxylic acids is 4. The summed E-state index contributed by atoms with van der Waals surface area (Å²) >= 11 is 0. The summed E-state index contributed by atoms with van der Waals surface area (Å²) in [4.78, 5) is 52.0. The molecule has 6 nitrogen and oxygen atoms in total. The molecule has 0 radical (unpaired) electrons. The Hall–Kier alpha value is -4.06. The van der Waals surface area contributed by atoms with Gasteiger partial charge in [-0.3, -0.25) is 24.1 Å². The van der Waals surface area contributed by atoms with Gasteiger partial charge in [0.1, 0.15) is 0 Å². The Morgan fingerprint density at radius 1 is 0.647 bits per heavy atom. The number of ketones is 2. The third-order valence-corrected chi connectivity index (χ3v) is 6.44. The number of unbranched alkanes of at least 4 members (excludes halogenated alkanes) is 3. The number of nitrogens with one attached hydrogen (secondary N) is 1. The summed E-state index contributed by atoms with van der Waals surface area (Å²) in [5, 5.41) is 4.74. The first-order valence-electron chi connectivity index (χ1n) is 11.6. The van der Waals surface area contributed by atoms with Crippen LogP contribution < -0.4 is 5.32 Å². The maximum absolute atomic E-state index is 12.9. The number of hydrogen-bond acceptors (Lipinski definition) is 5. The fourth-order valence-electron chi connectivity index (χ4n) is 4.70. The molecule has 0 saturated heterocycles. The Kier molecular flexibility index (Phi) is 5.80. The summed E-state index contributed by atoms with van der Waals surface area (Å²) in [5.74, 6) is -0.786. The van der Waals surface area contributed by atoms with Crippen LogP contribution in [0.25, 0.3) is 10.8 Å². The quantitative estimate of drug-likeness (QED) is 0.401. The maximum atomic E-state index is 12.9. The van der Waals surface area contributed by atoms with E-state index in [0.29, 0.717) is 47.5 Å². The highest BCUT2D eigenvalue weighted by Crippen LogP contribution is 2.30. The minimum absolute atomic E-state index is 0.160. The molecule has 34 heavy (non-hydrogen) atoms. The van der Waals surface area contributed by atoms with Crippen molar-refractivity contribution >= 4 is 34.2 Å². The first-order valence-corrected chi connectivity index (χ1v) is 11.6. The predicted molar refractivity (Wildman–Crippen MR) is 129 cm³/mol. The van der Waals surface area contributed by atoms with Crippen LogP contribution in [0.2, 0.25) is 0 Å². The normalized spacial score (nSPS) is 14.9. The van der Waals surface area contributed by atoms with Crippen molar-refractivity contribution in [3.05, 3.63) is 94.7 Å². The molecule has 2 aliphatic rings. The first kappa shape index (κ1) is 21.8. The summed E-state index contributed by atoms with van der Waals surface area (Å²) in [6, 6.07) is 17.9. The Morgan fingerprint density at radius 2 is 1.26 bits per heavy atom. The number of benzene rings is 3. The minimum atomic E-state index is -0.233. The third-order valence-electron chi connectivity index (χ3n) is 6.44. The molecule has 1 heterocycles. The summed E-state index contributed by atoms with van der Waals surface area (Å²) < 4.78 is 0. The van der Waals surface area contributed by atoms with Gasteiger partial charge in [0.25, 0.3) is 11.8 Å². The minimum Gasteiger partial charge on any atom is -0.382 e. The second-order valence-electron chi connectivity index (χ2n) is 8.61. The van der Waals surface area contributed by atoms with E-state index in [2.05, 4.69) is 5.32 Å². The summed E-state index contributed by atoms with van der Waals surface area (Å²) in [6.07, 6.45) is 4.62. The lowest BCUT2D eigenvalue weighted by molar-refractivity contribution is 0.0607. The van der Waals surface area contributed by atoms with Gasteiger partial charge in [-0.25, -0.2) is 0 Å². The van der Waals surface area contributed by atoms with Crippen molar-refractivity contribution in [1.29, 1.82) is 0 Å². The molecule has 1 aliphatic carbocycles. The summed E-state index contributed by atoms with van der Waals surface area (Å²) in [7, 11) is 0. The molecule has 0 aromatic heterocycles. The molecule has 2 amide bonds. The van der Waals surface area contributed by atoms with Gasteiger partial charge < -0.3 is 5.32 Å². The molecule has 1 aliphatic heterocycles. The number of hydrogen-bond donors (Lipinski definition) is 1. The van der Waals surface area contributed by atoms with Crippen LogP contribution in [0.4, 0.5) is 0 Å². The van der Waals surface area contributed by atoms with Crippen molar-refractivity contribution < 1.29 is 19.2 Å². The zero-order valence-corrected chi connectivity index (χ0v) is 18.7.